The van der Waals surface area contributed by atoms with Crippen LogP contribution in [0.3, 0.4) is 0 Å². The van der Waals surface area contributed by atoms with Crippen molar-refractivity contribution < 1.29 is 4.39 Å². The molecule has 3 heterocycles. The van der Waals surface area contributed by atoms with Crippen molar-refractivity contribution in [3.8, 4) is 0 Å². The number of thioether (sulfide) groups is 1. The standard InChI is InChI=1S/C19H13FN4OS2/c20-15-6-3-14(4-7-15)12-26-19-23-24-17(25)10-16(22-18(24)27-19)8-5-13-2-1-9-21-11-13/h1-11H,12H2. The zero-order valence-electron chi connectivity index (χ0n) is 13.9. The van der Waals surface area contributed by atoms with Crippen molar-refractivity contribution in [2.75, 3.05) is 0 Å². The van der Waals surface area contributed by atoms with Gasteiger partial charge in [0, 0.05) is 24.2 Å². The highest BCUT2D eigenvalue weighted by Gasteiger charge is 2.09. The quantitative estimate of drug-likeness (QED) is 0.474. The molecule has 3 aromatic heterocycles. The number of rotatable bonds is 5. The predicted octanol–water partition coefficient (Wildman–Crippen LogP) is 4.15. The van der Waals surface area contributed by atoms with E-state index in [9.17, 15) is 9.18 Å². The number of nitrogens with zero attached hydrogens (tertiary/aromatic N) is 4. The van der Waals surface area contributed by atoms with Crippen LogP contribution in [0.15, 0.2) is 64.0 Å². The van der Waals surface area contributed by atoms with E-state index >= 15 is 0 Å². The first kappa shape index (κ1) is 17.6. The maximum atomic E-state index is 13.0. The van der Waals surface area contributed by atoms with Gasteiger partial charge in [-0.25, -0.2) is 9.37 Å². The second-order valence-electron chi connectivity index (χ2n) is 5.62. The summed E-state index contributed by atoms with van der Waals surface area (Å²) in [5.74, 6) is 0.383. The third-order valence-corrected chi connectivity index (χ3v) is 5.77. The average molecular weight is 396 g/mol. The van der Waals surface area contributed by atoms with Gasteiger partial charge in [0.1, 0.15) is 5.82 Å². The highest BCUT2D eigenvalue weighted by atomic mass is 32.2. The van der Waals surface area contributed by atoms with Crippen LogP contribution in [0.25, 0.3) is 17.1 Å². The van der Waals surface area contributed by atoms with Gasteiger partial charge in [0.25, 0.3) is 5.56 Å². The first-order chi connectivity index (χ1) is 13.2. The van der Waals surface area contributed by atoms with Crippen LogP contribution in [0, 0.1) is 5.82 Å². The van der Waals surface area contributed by atoms with Crippen LogP contribution in [0.5, 0.6) is 0 Å². The Morgan fingerprint density at radius 3 is 2.81 bits per heavy atom. The van der Waals surface area contributed by atoms with Gasteiger partial charge in [0.05, 0.1) is 5.69 Å². The number of hydrogen-bond donors (Lipinski definition) is 0. The highest BCUT2D eigenvalue weighted by Crippen LogP contribution is 2.26. The first-order valence-corrected chi connectivity index (χ1v) is 9.84. The van der Waals surface area contributed by atoms with Gasteiger partial charge in [-0.2, -0.15) is 4.52 Å². The lowest BCUT2D eigenvalue weighted by Gasteiger charge is -1.97. The van der Waals surface area contributed by atoms with E-state index < -0.39 is 0 Å². The van der Waals surface area contributed by atoms with Crippen molar-refractivity contribution in [3.05, 3.63) is 87.9 Å². The smallest absolute Gasteiger partial charge is 0.267 e. The molecule has 0 bridgehead atoms. The molecule has 0 aliphatic rings. The largest absolute Gasteiger partial charge is 0.275 e. The van der Waals surface area contributed by atoms with Crippen molar-refractivity contribution >= 4 is 40.2 Å². The van der Waals surface area contributed by atoms with Gasteiger partial charge in [0.15, 0.2) is 4.34 Å². The monoisotopic (exact) mass is 396 g/mol. The second kappa shape index (κ2) is 7.81. The lowest BCUT2D eigenvalue weighted by Crippen LogP contribution is -2.14. The first-order valence-electron chi connectivity index (χ1n) is 8.04. The third-order valence-electron chi connectivity index (χ3n) is 3.65. The van der Waals surface area contributed by atoms with Gasteiger partial charge in [-0.3, -0.25) is 9.78 Å². The summed E-state index contributed by atoms with van der Waals surface area (Å²) in [4.78, 5) is 21.4. The fraction of sp³-hybridized carbons (Fsp3) is 0.0526. The van der Waals surface area contributed by atoms with Crippen molar-refractivity contribution in [1.29, 1.82) is 0 Å². The summed E-state index contributed by atoms with van der Waals surface area (Å²) >= 11 is 2.84. The van der Waals surface area contributed by atoms with Gasteiger partial charge in [0.2, 0.25) is 4.96 Å². The Balaban J connectivity index is 1.55. The molecule has 0 saturated heterocycles. The molecule has 0 saturated carbocycles. The molecule has 8 heteroatoms. The Labute approximate surface area is 162 Å². The van der Waals surface area contributed by atoms with Crippen molar-refractivity contribution in [2.45, 2.75) is 10.1 Å². The SMILES string of the molecule is O=c1cc(C=Cc2cccnc2)nc2sc(SCc3ccc(F)cc3)nn12. The summed E-state index contributed by atoms with van der Waals surface area (Å²) in [7, 11) is 0. The Kier molecular flexibility index (Phi) is 5.08. The molecule has 1 aromatic carbocycles. The molecule has 0 unspecified atom stereocenters. The van der Waals surface area contributed by atoms with Crippen LogP contribution in [-0.2, 0) is 5.75 Å². The Bertz CT molecular complexity index is 1150. The van der Waals surface area contributed by atoms with Gasteiger partial charge < -0.3 is 0 Å². The lowest BCUT2D eigenvalue weighted by atomic mass is 10.2. The second-order valence-corrected chi connectivity index (χ2v) is 7.79. The summed E-state index contributed by atoms with van der Waals surface area (Å²) in [6.45, 7) is 0. The summed E-state index contributed by atoms with van der Waals surface area (Å²) in [6.07, 6.45) is 7.08. The van der Waals surface area contributed by atoms with Crippen LogP contribution < -0.4 is 5.56 Å². The van der Waals surface area contributed by atoms with Crippen LogP contribution in [-0.4, -0.2) is 19.6 Å². The molecule has 4 aromatic rings. The van der Waals surface area contributed by atoms with E-state index in [0.29, 0.717) is 16.4 Å². The van der Waals surface area contributed by atoms with Crippen molar-refractivity contribution in [3.63, 3.8) is 0 Å². The Morgan fingerprint density at radius 1 is 1.19 bits per heavy atom. The number of hydrogen-bond acceptors (Lipinski definition) is 6. The fourth-order valence-corrected chi connectivity index (χ4v) is 4.24. The summed E-state index contributed by atoms with van der Waals surface area (Å²) in [6, 6.07) is 11.6. The van der Waals surface area contributed by atoms with Crippen LogP contribution >= 0.6 is 23.1 Å². The van der Waals surface area contributed by atoms with Gasteiger partial charge in [-0.05, 0) is 35.4 Å². The van der Waals surface area contributed by atoms with Gasteiger partial charge in [-0.15, -0.1) is 5.10 Å². The molecule has 0 radical (unpaired) electrons. The molecular weight excluding hydrogens is 383 g/mol. The van der Waals surface area contributed by atoms with Crippen molar-refractivity contribution in [2.24, 2.45) is 0 Å². The normalized spacial score (nSPS) is 11.4. The fourth-order valence-electron chi connectivity index (χ4n) is 2.34. The van der Waals surface area contributed by atoms with Gasteiger partial charge in [-0.1, -0.05) is 47.4 Å². The molecule has 0 aliphatic carbocycles. The lowest BCUT2D eigenvalue weighted by molar-refractivity contribution is 0.627. The van der Waals surface area contributed by atoms with E-state index in [2.05, 4.69) is 15.1 Å². The molecule has 5 nitrogen and oxygen atoms in total. The summed E-state index contributed by atoms with van der Waals surface area (Å²) in [5.41, 5.74) is 2.26. The van der Waals surface area contributed by atoms with E-state index in [1.165, 1.54) is 45.8 Å². The third kappa shape index (κ3) is 4.29. The van der Waals surface area contributed by atoms with E-state index in [4.69, 9.17) is 0 Å². The molecule has 0 spiro atoms. The van der Waals surface area contributed by atoms with E-state index in [1.807, 2.05) is 18.2 Å². The maximum absolute atomic E-state index is 13.0. The number of aromatic nitrogens is 4. The van der Waals surface area contributed by atoms with Crippen LogP contribution in [0.1, 0.15) is 16.8 Å². The van der Waals surface area contributed by atoms with Crippen LogP contribution in [0.4, 0.5) is 4.39 Å². The summed E-state index contributed by atoms with van der Waals surface area (Å²) in [5, 5.41) is 4.32. The summed E-state index contributed by atoms with van der Waals surface area (Å²) < 4.78 is 15.0. The Hall–Kier alpha value is -2.84. The highest BCUT2D eigenvalue weighted by molar-refractivity contribution is 8.00. The molecule has 4 rings (SSSR count). The van der Waals surface area contributed by atoms with E-state index in [0.717, 1.165) is 15.5 Å². The number of pyridine rings is 1. The number of fused-ring (bicyclic) bond motifs is 1. The predicted molar refractivity (Wildman–Crippen MR) is 106 cm³/mol. The number of benzene rings is 1. The minimum absolute atomic E-state index is 0.226. The molecule has 0 amide bonds. The van der Waals surface area contributed by atoms with E-state index in [-0.39, 0.29) is 11.4 Å². The topological polar surface area (TPSA) is 60.2 Å². The van der Waals surface area contributed by atoms with Crippen LogP contribution in [0.2, 0.25) is 0 Å². The Morgan fingerprint density at radius 2 is 2.04 bits per heavy atom. The molecule has 0 aliphatic heterocycles. The van der Waals surface area contributed by atoms with E-state index in [1.54, 1.807) is 30.6 Å². The maximum Gasteiger partial charge on any atom is 0.275 e. The average Bonchev–Trinajstić information content (AvgIpc) is 3.10. The number of halogens is 1. The minimum Gasteiger partial charge on any atom is -0.267 e. The molecule has 0 fully saturated rings. The molecule has 0 atom stereocenters. The molecule has 0 N–H and O–H groups in total. The minimum atomic E-state index is -0.258. The zero-order valence-corrected chi connectivity index (χ0v) is 15.6. The zero-order chi connectivity index (χ0) is 18.6. The van der Waals surface area contributed by atoms with Gasteiger partial charge >= 0.3 is 0 Å². The molecular formula is C19H13FN4OS2. The van der Waals surface area contributed by atoms with Crippen molar-refractivity contribution in [1.82, 2.24) is 19.6 Å². The molecule has 134 valence electrons. The molecule has 27 heavy (non-hydrogen) atoms.